The zero-order valence-electron chi connectivity index (χ0n) is 19.6. The molecule has 0 spiro atoms. The van der Waals surface area contributed by atoms with Crippen molar-refractivity contribution in [2.45, 2.75) is 72.8 Å². The summed E-state index contributed by atoms with van der Waals surface area (Å²) < 4.78 is 0. The van der Waals surface area contributed by atoms with Crippen molar-refractivity contribution >= 4 is 17.2 Å². The van der Waals surface area contributed by atoms with E-state index in [1.807, 2.05) is 12.2 Å². The van der Waals surface area contributed by atoms with Gasteiger partial charge in [0.1, 0.15) is 5.76 Å². The fraction of sp³-hybridized carbons (Fsp3) is 0.520. The zero-order valence-corrected chi connectivity index (χ0v) is 20.3. The van der Waals surface area contributed by atoms with E-state index in [0.717, 1.165) is 12.8 Å². The van der Waals surface area contributed by atoms with E-state index in [1.165, 1.54) is 29.5 Å². The third kappa shape index (κ3) is 14.4. The Morgan fingerprint density at radius 2 is 1.53 bits per heavy atom. The summed E-state index contributed by atoms with van der Waals surface area (Å²) >= 11 is 5.89. The molecule has 5 heteroatoms. The lowest BCUT2D eigenvalue weighted by Crippen LogP contribution is -2.43. The van der Waals surface area contributed by atoms with E-state index in [4.69, 9.17) is 27.5 Å². The Balaban J connectivity index is 0. The predicted molar refractivity (Wildman–Crippen MR) is 132 cm³/mol. The SMILES string of the molecule is CC(N)(CO)CO.CCC.CCC.CCc1cccc(C2=CC=C(O)C(Cl)=CC2)c1. The molecule has 0 aliphatic heterocycles. The Kier molecular flexibility index (Phi) is 18.6. The van der Waals surface area contributed by atoms with E-state index in [9.17, 15) is 5.11 Å². The summed E-state index contributed by atoms with van der Waals surface area (Å²) in [5.41, 5.74) is 8.09. The summed E-state index contributed by atoms with van der Waals surface area (Å²) in [6.07, 6.45) is 9.69. The minimum Gasteiger partial charge on any atom is -0.506 e. The molecule has 0 radical (unpaired) electrons. The van der Waals surface area contributed by atoms with Crippen molar-refractivity contribution in [3.63, 3.8) is 0 Å². The van der Waals surface area contributed by atoms with Crippen molar-refractivity contribution in [3.05, 3.63) is 64.4 Å². The van der Waals surface area contributed by atoms with Crippen molar-refractivity contribution < 1.29 is 15.3 Å². The number of nitrogens with two attached hydrogens (primary N) is 1. The molecule has 0 atom stereocenters. The summed E-state index contributed by atoms with van der Waals surface area (Å²) in [5.74, 6) is 0.133. The normalized spacial score (nSPS) is 12.9. The summed E-state index contributed by atoms with van der Waals surface area (Å²) in [5, 5.41) is 26.6. The Bertz CT molecular complexity index is 656. The average Bonchev–Trinajstić information content (AvgIpc) is 2.91. The highest BCUT2D eigenvalue weighted by molar-refractivity contribution is 6.31. The largest absolute Gasteiger partial charge is 0.506 e. The Morgan fingerprint density at radius 3 is 1.97 bits per heavy atom. The number of rotatable bonds is 4. The molecule has 0 aromatic heterocycles. The van der Waals surface area contributed by atoms with Crippen LogP contribution in [0.2, 0.25) is 0 Å². The van der Waals surface area contributed by atoms with Crippen LogP contribution in [0.5, 0.6) is 0 Å². The van der Waals surface area contributed by atoms with Crippen LogP contribution in [0.4, 0.5) is 0 Å². The topological polar surface area (TPSA) is 86.7 Å². The van der Waals surface area contributed by atoms with Crippen molar-refractivity contribution in [3.8, 4) is 0 Å². The number of aliphatic hydroxyl groups excluding tert-OH is 3. The molecule has 30 heavy (non-hydrogen) atoms. The number of allylic oxidation sites excluding steroid dienone is 5. The number of aryl methyl sites for hydroxylation is 1. The second-order valence-electron chi connectivity index (χ2n) is 7.44. The van der Waals surface area contributed by atoms with Gasteiger partial charge in [-0.15, -0.1) is 0 Å². The van der Waals surface area contributed by atoms with E-state index in [2.05, 4.69) is 58.9 Å². The third-order valence-corrected chi connectivity index (χ3v) is 3.96. The van der Waals surface area contributed by atoms with Crippen LogP contribution >= 0.6 is 11.6 Å². The predicted octanol–water partition coefficient (Wildman–Crippen LogP) is 6.12. The van der Waals surface area contributed by atoms with Crippen molar-refractivity contribution in [2.24, 2.45) is 5.73 Å². The first-order valence-corrected chi connectivity index (χ1v) is 11.1. The van der Waals surface area contributed by atoms with Gasteiger partial charge >= 0.3 is 0 Å². The Hall–Kier alpha value is -1.59. The zero-order chi connectivity index (χ0) is 23.6. The van der Waals surface area contributed by atoms with Crippen LogP contribution in [0, 0.1) is 0 Å². The lowest BCUT2D eigenvalue weighted by atomic mass is 10.00. The Morgan fingerprint density at radius 1 is 1.00 bits per heavy atom. The van der Waals surface area contributed by atoms with Crippen LogP contribution in [0.1, 0.15) is 71.9 Å². The maximum Gasteiger partial charge on any atom is 0.133 e. The molecule has 1 aromatic rings. The number of benzene rings is 1. The monoisotopic (exact) mass is 439 g/mol. The van der Waals surface area contributed by atoms with Crippen molar-refractivity contribution in [1.29, 1.82) is 0 Å². The van der Waals surface area contributed by atoms with Crippen LogP contribution in [-0.4, -0.2) is 34.1 Å². The fourth-order valence-corrected chi connectivity index (χ4v) is 2.03. The van der Waals surface area contributed by atoms with Gasteiger partial charge < -0.3 is 21.1 Å². The van der Waals surface area contributed by atoms with E-state index in [-0.39, 0.29) is 19.0 Å². The maximum atomic E-state index is 9.54. The van der Waals surface area contributed by atoms with Crippen LogP contribution in [0.25, 0.3) is 5.57 Å². The van der Waals surface area contributed by atoms with Crippen LogP contribution in [-0.2, 0) is 6.42 Å². The van der Waals surface area contributed by atoms with Gasteiger partial charge in [-0.1, -0.05) is 95.5 Å². The van der Waals surface area contributed by atoms with Gasteiger partial charge in [-0.3, -0.25) is 0 Å². The van der Waals surface area contributed by atoms with E-state index in [0.29, 0.717) is 5.03 Å². The van der Waals surface area contributed by atoms with E-state index in [1.54, 1.807) is 13.0 Å². The molecule has 0 heterocycles. The van der Waals surface area contributed by atoms with Gasteiger partial charge in [0.15, 0.2) is 0 Å². The molecule has 1 aliphatic rings. The lowest BCUT2D eigenvalue weighted by Gasteiger charge is -2.16. The minimum absolute atomic E-state index is 0.133. The summed E-state index contributed by atoms with van der Waals surface area (Å²) in [7, 11) is 0. The molecular weight excluding hydrogens is 398 g/mol. The van der Waals surface area contributed by atoms with Gasteiger partial charge in [-0.05, 0) is 42.5 Å². The Labute approximate surface area is 188 Å². The number of hydrogen-bond acceptors (Lipinski definition) is 4. The molecule has 5 N–H and O–H groups in total. The molecule has 0 unspecified atom stereocenters. The van der Waals surface area contributed by atoms with Crippen molar-refractivity contribution in [1.82, 2.24) is 0 Å². The molecule has 0 bridgehead atoms. The highest BCUT2D eigenvalue weighted by Crippen LogP contribution is 2.26. The lowest BCUT2D eigenvalue weighted by molar-refractivity contribution is 0.134. The first kappa shape index (κ1) is 30.6. The second kappa shape index (κ2) is 18.2. The van der Waals surface area contributed by atoms with Gasteiger partial charge in [0.2, 0.25) is 0 Å². The number of halogens is 1. The second-order valence-corrected chi connectivity index (χ2v) is 7.85. The highest BCUT2D eigenvalue weighted by atomic mass is 35.5. The van der Waals surface area contributed by atoms with E-state index >= 15 is 0 Å². The fourth-order valence-electron chi connectivity index (χ4n) is 1.89. The molecule has 4 nitrogen and oxygen atoms in total. The molecule has 1 aliphatic carbocycles. The van der Waals surface area contributed by atoms with E-state index < -0.39 is 5.54 Å². The standard InChI is InChI=1S/C15H15ClO.C4H11NO2.2C3H8/c1-2-11-4-3-5-13(10-11)12-6-8-14(16)15(17)9-7-12;1-4(5,2-6)3-7;2*1-3-2/h3-5,7-10,17H,2,6H2,1H3;6-7H,2-3,5H2,1H3;2*3H2,1-2H3. The average molecular weight is 440 g/mol. The van der Waals surface area contributed by atoms with Crippen LogP contribution in [0.3, 0.4) is 0 Å². The number of hydrogen-bond donors (Lipinski definition) is 4. The van der Waals surface area contributed by atoms with Gasteiger partial charge in [-0.25, -0.2) is 0 Å². The molecule has 1 aromatic carbocycles. The quantitative estimate of drug-likeness (QED) is 0.455. The first-order chi connectivity index (χ1) is 14.2. The highest BCUT2D eigenvalue weighted by Gasteiger charge is 2.13. The summed E-state index contributed by atoms with van der Waals surface area (Å²) in [6, 6.07) is 8.46. The molecule has 0 saturated carbocycles. The molecule has 0 saturated heterocycles. The van der Waals surface area contributed by atoms with Crippen LogP contribution < -0.4 is 5.73 Å². The molecule has 2 rings (SSSR count). The maximum absolute atomic E-state index is 9.54. The summed E-state index contributed by atoms with van der Waals surface area (Å²) in [6.45, 7) is 11.9. The minimum atomic E-state index is -0.806. The van der Waals surface area contributed by atoms with Gasteiger partial charge in [-0.2, -0.15) is 0 Å². The van der Waals surface area contributed by atoms with Gasteiger partial charge in [0.25, 0.3) is 0 Å². The third-order valence-electron chi connectivity index (χ3n) is 3.62. The molecule has 172 valence electrons. The number of aliphatic hydroxyl groups is 3. The summed E-state index contributed by atoms with van der Waals surface area (Å²) in [4.78, 5) is 0. The van der Waals surface area contributed by atoms with Gasteiger partial charge in [0, 0.05) is 0 Å². The molecule has 0 fully saturated rings. The van der Waals surface area contributed by atoms with Crippen molar-refractivity contribution in [2.75, 3.05) is 13.2 Å². The smallest absolute Gasteiger partial charge is 0.133 e. The molecule has 0 amide bonds. The molecular formula is C25H42ClNO3. The first-order valence-electron chi connectivity index (χ1n) is 10.7. The van der Waals surface area contributed by atoms with Gasteiger partial charge in [0.05, 0.1) is 23.8 Å². The van der Waals surface area contributed by atoms with Crippen LogP contribution in [0.15, 0.2) is 53.3 Å².